The van der Waals surface area contributed by atoms with Crippen molar-refractivity contribution in [1.82, 2.24) is 9.88 Å². The molecule has 1 N–H and O–H groups in total. The van der Waals surface area contributed by atoms with Crippen molar-refractivity contribution in [1.29, 1.82) is 0 Å². The highest BCUT2D eigenvalue weighted by atomic mass is 32.2. The Balaban J connectivity index is 1.97. The van der Waals surface area contributed by atoms with E-state index in [0.717, 1.165) is 20.9 Å². The Kier molecular flexibility index (Phi) is 4.81. The van der Waals surface area contributed by atoms with Crippen molar-refractivity contribution < 1.29 is 12.9 Å². The van der Waals surface area contributed by atoms with E-state index in [1.807, 2.05) is 52.0 Å². The summed E-state index contributed by atoms with van der Waals surface area (Å²) in [6.45, 7) is 7.74. The summed E-state index contributed by atoms with van der Waals surface area (Å²) in [5.74, 6) is 0.482. The molecular formula is C18H20N2O3S2. The fraction of sp³-hybridized carbons (Fsp3) is 0.278. The second kappa shape index (κ2) is 6.74. The van der Waals surface area contributed by atoms with E-state index in [4.69, 9.17) is 4.52 Å². The van der Waals surface area contributed by atoms with Crippen molar-refractivity contribution in [3.05, 3.63) is 56.9 Å². The number of benzene rings is 1. The monoisotopic (exact) mass is 376 g/mol. The third-order valence-electron chi connectivity index (χ3n) is 3.90. The number of rotatable bonds is 5. The molecular weight excluding hydrogens is 356 g/mol. The van der Waals surface area contributed by atoms with Crippen molar-refractivity contribution in [3.63, 3.8) is 0 Å². The summed E-state index contributed by atoms with van der Waals surface area (Å²) >= 11 is 1.44. The third-order valence-corrected chi connectivity index (χ3v) is 6.62. The molecule has 2 heterocycles. The third kappa shape index (κ3) is 3.68. The molecule has 0 spiro atoms. The summed E-state index contributed by atoms with van der Waals surface area (Å²) < 4.78 is 33.9. The molecule has 0 saturated carbocycles. The number of thiophene rings is 1. The number of nitrogens with one attached hydrogen (secondary N) is 1. The normalized spacial score (nSPS) is 11.8. The van der Waals surface area contributed by atoms with Crippen LogP contribution in [-0.4, -0.2) is 13.6 Å². The Morgan fingerprint density at radius 2 is 1.88 bits per heavy atom. The highest BCUT2D eigenvalue weighted by Crippen LogP contribution is 2.39. The Morgan fingerprint density at radius 3 is 2.52 bits per heavy atom. The highest BCUT2D eigenvalue weighted by Gasteiger charge is 2.28. The molecule has 0 aliphatic heterocycles. The number of hydrogen-bond acceptors (Lipinski definition) is 5. The van der Waals surface area contributed by atoms with Crippen LogP contribution in [-0.2, 0) is 16.6 Å². The van der Waals surface area contributed by atoms with Crippen LogP contribution in [0.4, 0.5) is 0 Å². The zero-order chi connectivity index (χ0) is 18.2. The van der Waals surface area contributed by atoms with E-state index in [0.29, 0.717) is 17.0 Å². The van der Waals surface area contributed by atoms with Gasteiger partial charge in [0, 0.05) is 22.4 Å². The van der Waals surface area contributed by atoms with Gasteiger partial charge in [-0.1, -0.05) is 35.0 Å². The second-order valence-electron chi connectivity index (χ2n) is 6.06. The minimum absolute atomic E-state index is 0.243. The van der Waals surface area contributed by atoms with Gasteiger partial charge in [0.25, 0.3) is 0 Å². The number of aromatic nitrogens is 1. The lowest BCUT2D eigenvalue weighted by Gasteiger charge is -2.09. The van der Waals surface area contributed by atoms with Crippen molar-refractivity contribution in [2.75, 3.05) is 0 Å². The van der Waals surface area contributed by atoms with Crippen LogP contribution >= 0.6 is 11.3 Å². The average molecular weight is 377 g/mol. The van der Waals surface area contributed by atoms with Gasteiger partial charge in [0.2, 0.25) is 10.0 Å². The first kappa shape index (κ1) is 17.8. The van der Waals surface area contributed by atoms with Crippen LogP contribution < -0.4 is 4.72 Å². The Bertz CT molecular complexity index is 1020. The molecule has 25 heavy (non-hydrogen) atoms. The van der Waals surface area contributed by atoms with Gasteiger partial charge in [-0.2, -0.15) is 0 Å². The lowest BCUT2D eigenvalue weighted by Crippen LogP contribution is -2.24. The van der Waals surface area contributed by atoms with Crippen LogP contribution in [0.5, 0.6) is 0 Å². The highest BCUT2D eigenvalue weighted by molar-refractivity contribution is 7.89. The number of aryl methyl sites for hydroxylation is 4. The molecule has 132 valence electrons. The number of sulfonamides is 1. The molecule has 3 aromatic rings. The van der Waals surface area contributed by atoms with E-state index in [2.05, 4.69) is 9.88 Å². The first-order valence-electron chi connectivity index (χ1n) is 7.87. The lowest BCUT2D eigenvalue weighted by atomic mass is 10.1. The van der Waals surface area contributed by atoms with Gasteiger partial charge < -0.3 is 4.52 Å². The molecule has 2 aromatic heterocycles. The topological polar surface area (TPSA) is 72.2 Å². The Hall–Kier alpha value is -1.96. The molecule has 5 nitrogen and oxygen atoms in total. The van der Waals surface area contributed by atoms with Gasteiger partial charge in [-0.3, -0.25) is 0 Å². The van der Waals surface area contributed by atoms with E-state index >= 15 is 0 Å². The summed E-state index contributed by atoms with van der Waals surface area (Å²) in [4.78, 5) is 1.90. The van der Waals surface area contributed by atoms with Gasteiger partial charge in [-0.05, 0) is 33.3 Å². The van der Waals surface area contributed by atoms with Crippen LogP contribution in [0.25, 0.3) is 11.3 Å². The minimum Gasteiger partial charge on any atom is -0.356 e. The molecule has 0 amide bonds. The zero-order valence-electron chi connectivity index (χ0n) is 14.6. The van der Waals surface area contributed by atoms with Gasteiger partial charge >= 0.3 is 0 Å². The summed E-state index contributed by atoms with van der Waals surface area (Å²) in [5, 5.41) is 3.88. The number of hydrogen-bond donors (Lipinski definition) is 1. The molecule has 0 unspecified atom stereocenters. The number of nitrogens with zero attached hydrogens (tertiary/aromatic N) is 1. The standard InChI is InChI=1S/C18H20N2O3S2/c1-11-6-5-7-15(8-11)10-19-25(21,22)18-14(4)24-13(3)17(18)16-9-12(2)20-23-16/h5-9,19H,10H2,1-4H3. The summed E-state index contributed by atoms with van der Waals surface area (Å²) in [6, 6.07) is 9.53. The SMILES string of the molecule is Cc1cccc(CNS(=O)(=O)c2c(C)sc(C)c2-c2cc(C)no2)c1. The van der Waals surface area contributed by atoms with Gasteiger partial charge in [0.15, 0.2) is 5.76 Å². The second-order valence-corrected chi connectivity index (χ2v) is 9.20. The molecule has 0 aliphatic rings. The molecule has 3 rings (SSSR count). The first-order valence-corrected chi connectivity index (χ1v) is 10.2. The fourth-order valence-corrected chi connectivity index (χ4v) is 5.71. The Labute approximate surface area is 151 Å². The molecule has 1 aromatic carbocycles. The van der Waals surface area contributed by atoms with E-state index in [1.165, 1.54) is 11.3 Å². The smallest absolute Gasteiger partial charge is 0.242 e. The predicted molar refractivity (Wildman–Crippen MR) is 99.2 cm³/mol. The molecule has 0 fully saturated rings. The minimum atomic E-state index is -3.68. The first-order chi connectivity index (χ1) is 11.8. The fourth-order valence-electron chi connectivity index (χ4n) is 2.83. The maximum Gasteiger partial charge on any atom is 0.242 e. The molecule has 0 bridgehead atoms. The predicted octanol–water partition coefficient (Wildman–Crippen LogP) is 4.12. The summed E-state index contributed by atoms with van der Waals surface area (Å²) in [5.41, 5.74) is 3.33. The summed E-state index contributed by atoms with van der Waals surface area (Å²) in [6.07, 6.45) is 0. The van der Waals surface area contributed by atoms with E-state index in [9.17, 15) is 8.42 Å². The van der Waals surface area contributed by atoms with Gasteiger partial charge in [-0.25, -0.2) is 13.1 Å². The van der Waals surface area contributed by atoms with Crippen LogP contribution in [0.3, 0.4) is 0 Å². The van der Waals surface area contributed by atoms with Gasteiger partial charge in [0.1, 0.15) is 4.90 Å². The quantitative estimate of drug-likeness (QED) is 0.727. The maximum atomic E-state index is 13.0. The van der Waals surface area contributed by atoms with E-state index in [-0.39, 0.29) is 11.4 Å². The molecule has 7 heteroatoms. The summed E-state index contributed by atoms with van der Waals surface area (Å²) in [7, 11) is -3.68. The van der Waals surface area contributed by atoms with E-state index in [1.54, 1.807) is 6.07 Å². The van der Waals surface area contributed by atoms with Gasteiger partial charge in [-0.15, -0.1) is 11.3 Å². The lowest BCUT2D eigenvalue weighted by molar-refractivity contribution is 0.426. The Morgan fingerprint density at radius 1 is 1.12 bits per heavy atom. The van der Waals surface area contributed by atoms with Crippen molar-refractivity contribution in [2.24, 2.45) is 0 Å². The van der Waals surface area contributed by atoms with Crippen LogP contribution in [0.15, 0.2) is 39.8 Å². The van der Waals surface area contributed by atoms with Crippen LogP contribution in [0, 0.1) is 27.7 Å². The van der Waals surface area contributed by atoms with Crippen molar-refractivity contribution in [2.45, 2.75) is 39.1 Å². The molecule has 0 saturated heterocycles. The maximum absolute atomic E-state index is 13.0. The molecule has 0 atom stereocenters. The van der Waals surface area contributed by atoms with E-state index < -0.39 is 10.0 Å². The van der Waals surface area contributed by atoms with Crippen molar-refractivity contribution in [3.8, 4) is 11.3 Å². The zero-order valence-corrected chi connectivity index (χ0v) is 16.2. The molecule has 0 aliphatic carbocycles. The molecule has 0 radical (unpaired) electrons. The van der Waals surface area contributed by atoms with Gasteiger partial charge in [0.05, 0.1) is 11.3 Å². The largest absolute Gasteiger partial charge is 0.356 e. The van der Waals surface area contributed by atoms with Crippen LogP contribution in [0.1, 0.15) is 26.6 Å². The van der Waals surface area contributed by atoms with Crippen molar-refractivity contribution >= 4 is 21.4 Å². The van der Waals surface area contributed by atoms with Crippen LogP contribution in [0.2, 0.25) is 0 Å². The average Bonchev–Trinajstić information content (AvgIpc) is 3.08.